The van der Waals surface area contributed by atoms with Crippen molar-refractivity contribution in [3.05, 3.63) is 95.9 Å². The first-order chi connectivity index (χ1) is 14.3. The molecular weight excluding hydrogens is 378 g/mol. The van der Waals surface area contributed by atoms with E-state index >= 15 is 0 Å². The number of carbonyl (C=O) groups is 1. The molecule has 1 amide bonds. The van der Waals surface area contributed by atoms with Crippen molar-refractivity contribution in [2.75, 3.05) is 12.3 Å². The molecule has 1 atom stereocenters. The van der Waals surface area contributed by atoms with Crippen LogP contribution in [0.4, 0.5) is 0 Å². The molecule has 144 valence electrons. The number of thioether (sulfide) groups is 1. The van der Waals surface area contributed by atoms with Gasteiger partial charge < -0.3 is 9.88 Å². The zero-order valence-electron chi connectivity index (χ0n) is 15.9. The maximum atomic E-state index is 13.3. The molecule has 0 fully saturated rings. The fourth-order valence-corrected chi connectivity index (χ4v) is 4.94. The number of pyridine rings is 1. The van der Waals surface area contributed by atoms with Crippen molar-refractivity contribution >= 4 is 28.6 Å². The highest BCUT2D eigenvalue weighted by molar-refractivity contribution is 8.00. The third-order valence-corrected chi connectivity index (χ3v) is 6.46. The second-order valence-electron chi connectivity index (χ2n) is 7.19. The van der Waals surface area contributed by atoms with Crippen LogP contribution in [0.3, 0.4) is 0 Å². The molecule has 1 aliphatic rings. The number of fused-ring (bicyclic) bond motifs is 3. The molecule has 4 nitrogen and oxygen atoms in total. The summed E-state index contributed by atoms with van der Waals surface area (Å²) >= 11 is 1.59. The highest BCUT2D eigenvalue weighted by Crippen LogP contribution is 2.38. The molecule has 4 aromatic rings. The molecule has 3 heterocycles. The van der Waals surface area contributed by atoms with Gasteiger partial charge in [0.15, 0.2) is 0 Å². The summed E-state index contributed by atoms with van der Waals surface area (Å²) in [4.78, 5) is 24.3. The van der Waals surface area contributed by atoms with Gasteiger partial charge in [-0.1, -0.05) is 42.5 Å². The summed E-state index contributed by atoms with van der Waals surface area (Å²) < 4.78 is 0. The molecule has 2 aromatic heterocycles. The lowest BCUT2D eigenvalue weighted by molar-refractivity contribution is -0.130. The normalized spacial score (nSPS) is 16.0. The Hall–Kier alpha value is -3.05. The Bertz CT molecular complexity index is 1140. The number of para-hydroxylation sites is 1. The van der Waals surface area contributed by atoms with Crippen molar-refractivity contribution in [1.29, 1.82) is 0 Å². The predicted octanol–water partition coefficient (Wildman–Crippen LogP) is 4.83. The zero-order valence-corrected chi connectivity index (χ0v) is 16.7. The quantitative estimate of drug-likeness (QED) is 0.500. The fraction of sp³-hybridized carbons (Fsp3) is 0.167. The molecule has 0 bridgehead atoms. The lowest BCUT2D eigenvalue weighted by Gasteiger charge is -2.36. The van der Waals surface area contributed by atoms with Crippen molar-refractivity contribution < 1.29 is 4.79 Å². The molecule has 5 heteroatoms. The van der Waals surface area contributed by atoms with E-state index in [9.17, 15) is 4.79 Å². The number of benzene rings is 2. The van der Waals surface area contributed by atoms with E-state index in [1.807, 2.05) is 53.6 Å². The Morgan fingerprint density at radius 1 is 1.07 bits per heavy atom. The summed E-state index contributed by atoms with van der Waals surface area (Å²) in [6, 6.07) is 22.3. The number of hydrogen-bond donors (Lipinski definition) is 1. The monoisotopic (exact) mass is 399 g/mol. The Kier molecular flexibility index (Phi) is 4.82. The Labute approximate surface area is 174 Å². The standard InChI is InChI=1S/C24H21N3OS/c28-22(16-29-18-8-2-1-3-9-18)27-14-12-20-19-10-4-5-11-21(19)26-23(20)24(27)17-7-6-13-25-15-17/h1-11,13,15,24,26H,12,14,16H2. The fourth-order valence-electron chi connectivity index (χ4n) is 4.14. The molecule has 1 aliphatic heterocycles. The number of amides is 1. The molecule has 5 rings (SSSR count). The summed E-state index contributed by atoms with van der Waals surface area (Å²) in [7, 11) is 0. The van der Waals surface area contributed by atoms with E-state index in [1.165, 1.54) is 10.9 Å². The van der Waals surface area contributed by atoms with Gasteiger partial charge in [-0.3, -0.25) is 9.78 Å². The number of aromatic nitrogens is 2. The first-order valence-corrected chi connectivity index (χ1v) is 10.8. The van der Waals surface area contributed by atoms with Crippen LogP contribution in [0.25, 0.3) is 10.9 Å². The number of hydrogen-bond acceptors (Lipinski definition) is 3. The molecular formula is C24H21N3OS. The predicted molar refractivity (Wildman–Crippen MR) is 117 cm³/mol. The van der Waals surface area contributed by atoms with Crippen LogP contribution < -0.4 is 0 Å². The summed E-state index contributed by atoms with van der Waals surface area (Å²) in [6.45, 7) is 0.711. The summed E-state index contributed by atoms with van der Waals surface area (Å²) in [6.07, 6.45) is 4.50. The first-order valence-electron chi connectivity index (χ1n) is 9.78. The van der Waals surface area contributed by atoms with Gasteiger partial charge in [0.25, 0.3) is 0 Å². The second kappa shape index (κ2) is 7.76. The second-order valence-corrected chi connectivity index (χ2v) is 8.24. The van der Waals surface area contributed by atoms with Crippen LogP contribution in [0.2, 0.25) is 0 Å². The van der Waals surface area contributed by atoms with Gasteiger partial charge in [-0.2, -0.15) is 0 Å². The SMILES string of the molecule is O=C(CSc1ccccc1)N1CCc2c([nH]c3ccccc23)C1c1cccnc1. The number of H-pyrrole nitrogens is 1. The minimum absolute atomic E-state index is 0.135. The number of rotatable bonds is 4. The Morgan fingerprint density at radius 3 is 2.72 bits per heavy atom. The highest BCUT2D eigenvalue weighted by Gasteiger charge is 2.34. The topological polar surface area (TPSA) is 49.0 Å². The molecule has 2 aromatic carbocycles. The molecule has 1 N–H and O–H groups in total. The number of carbonyl (C=O) groups excluding carboxylic acids is 1. The average Bonchev–Trinajstić information content (AvgIpc) is 3.17. The summed E-state index contributed by atoms with van der Waals surface area (Å²) in [5, 5.41) is 1.25. The van der Waals surface area contributed by atoms with Crippen molar-refractivity contribution in [1.82, 2.24) is 14.9 Å². The van der Waals surface area contributed by atoms with Gasteiger partial charge in [0, 0.05) is 40.4 Å². The van der Waals surface area contributed by atoms with Gasteiger partial charge in [-0.25, -0.2) is 0 Å². The van der Waals surface area contributed by atoms with Gasteiger partial charge in [0.1, 0.15) is 0 Å². The molecule has 29 heavy (non-hydrogen) atoms. The van der Waals surface area contributed by atoms with Gasteiger partial charge in [-0.05, 0) is 41.8 Å². The van der Waals surface area contributed by atoms with Crippen LogP contribution in [0.5, 0.6) is 0 Å². The van der Waals surface area contributed by atoms with Crippen LogP contribution in [0.15, 0.2) is 84.0 Å². The van der Waals surface area contributed by atoms with Gasteiger partial charge >= 0.3 is 0 Å². The molecule has 0 radical (unpaired) electrons. The average molecular weight is 400 g/mol. The number of nitrogens with zero attached hydrogens (tertiary/aromatic N) is 2. The third kappa shape index (κ3) is 3.42. The lowest BCUT2D eigenvalue weighted by Crippen LogP contribution is -2.41. The largest absolute Gasteiger partial charge is 0.356 e. The van der Waals surface area contributed by atoms with Gasteiger partial charge in [-0.15, -0.1) is 11.8 Å². The third-order valence-electron chi connectivity index (χ3n) is 5.46. The highest BCUT2D eigenvalue weighted by atomic mass is 32.2. The summed E-state index contributed by atoms with van der Waals surface area (Å²) in [5.41, 5.74) is 4.59. The van der Waals surface area contributed by atoms with Crippen LogP contribution in [0.1, 0.15) is 22.9 Å². The number of aromatic amines is 1. The minimum atomic E-state index is -0.135. The van der Waals surface area contributed by atoms with E-state index in [0.29, 0.717) is 12.3 Å². The van der Waals surface area contributed by atoms with Gasteiger partial charge in [0.2, 0.25) is 5.91 Å². The van der Waals surface area contributed by atoms with Crippen LogP contribution >= 0.6 is 11.8 Å². The van der Waals surface area contributed by atoms with Crippen molar-refractivity contribution in [2.45, 2.75) is 17.4 Å². The Balaban J connectivity index is 1.50. The van der Waals surface area contributed by atoms with Crippen LogP contribution in [0, 0.1) is 0 Å². The number of nitrogens with one attached hydrogen (secondary N) is 1. The minimum Gasteiger partial charge on any atom is -0.356 e. The lowest BCUT2D eigenvalue weighted by atomic mass is 9.93. The van der Waals surface area contributed by atoms with E-state index in [4.69, 9.17) is 0 Å². The maximum absolute atomic E-state index is 13.3. The van der Waals surface area contributed by atoms with Gasteiger partial charge in [0.05, 0.1) is 11.8 Å². The van der Waals surface area contributed by atoms with Crippen molar-refractivity contribution in [3.63, 3.8) is 0 Å². The Morgan fingerprint density at radius 2 is 1.90 bits per heavy atom. The van der Waals surface area contributed by atoms with E-state index in [0.717, 1.165) is 28.1 Å². The summed E-state index contributed by atoms with van der Waals surface area (Å²) in [5.74, 6) is 0.577. The molecule has 0 aliphatic carbocycles. The molecule has 1 unspecified atom stereocenters. The van der Waals surface area contributed by atoms with E-state index in [2.05, 4.69) is 34.2 Å². The maximum Gasteiger partial charge on any atom is 0.233 e. The molecule has 0 saturated carbocycles. The first kappa shape index (κ1) is 18.0. The molecule has 0 spiro atoms. The zero-order chi connectivity index (χ0) is 19.6. The van der Waals surface area contributed by atoms with Crippen LogP contribution in [-0.4, -0.2) is 33.1 Å². The smallest absolute Gasteiger partial charge is 0.233 e. The van der Waals surface area contributed by atoms with Crippen molar-refractivity contribution in [3.8, 4) is 0 Å². The van der Waals surface area contributed by atoms with Crippen molar-refractivity contribution in [2.24, 2.45) is 0 Å². The van der Waals surface area contributed by atoms with E-state index in [-0.39, 0.29) is 11.9 Å². The van der Waals surface area contributed by atoms with E-state index in [1.54, 1.807) is 18.0 Å². The van der Waals surface area contributed by atoms with E-state index < -0.39 is 0 Å². The molecule has 0 saturated heterocycles. The van der Waals surface area contributed by atoms with Crippen LogP contribution in [-0.2, 0) is 11.2 Å².